The highest BCUT2D eigenvalue weighted by Crippen LogP contribution is 2.46. The molecular formula is C82H132N2O6. The lowest BCUT2D eigenvalue weighted by Gasteiger charge is -2.39. The summed E-state index contributed by atoms with van der Waals surface area (Å²) in [6, 6.07) is 17.4. The third kappa shape index (κ3) is 21.3. The Balaban J connectivity index is 1.77. The fraction of sp³-hybridized carbons (Fsp3) is 0.683. The Morgan fingerprint density at radius 1 is 0.267 bits per heavy atom. The van der Waals surface area contributed by atoms with Crippen LogP contribution >= 0.6 is 0 Å². The van der Waals surface area contributed by atoms with Gasteiger partial charge in [-0.2, -0.15) is 0 Å². The summed E-state index contributed by atoms with van der Waals surface area (Å²) in [6.45, 7) is 71.7. The zero-order valence-electron chi connectivity index (χ0n) is 63.6. The lowest BCUT2D eigenvalue weighted by atomic mass is 9.75. The Bertz CT molecular complexity index is 2610. The monoisotopic (exact) mass is 1240 g/mol. The largest absolute Gasteiger partial charge is 0.507 e. The Kier molecular flexibility index (Phi) is 23.1. The van der Waals surface area contributed by atoms with Crippen LogP contribution in [0, 0.1) is 21.7 Å². The average Bonchev–Trinajstić information content (AvgIpc) is 0.855. The van der Waals surface area contributed by atoms with E-state index in [2.05, 4.69) is 280 Å². The molecule has 8 heteroatoms. The number of phenolic OH excluding ortho intramolecular Hbond substituents is 4. The van der Waals surface area contributed by atoms with Gasteiger partial charge in [-0.05, 0) is 170 Å². The third-order valence-electron chi connectivity index (χ3n) is 18.1. The molecule has 0 aliphatic carbocycles. The molecule has 4 rings (SSSR count). The van der Waals surface area contributed by atoms with Gasteiger partial charge in [0.25, 0.3) is 0 Å². The fourth-order valence-corrected chi connectivity index (χ4v) is 13.6. The molecule has 506 valence electrons. The summed E-state index contributed by atoms with van der Waals surface area (Å²) < 4.78 is 0. The van der Waals surface area contributed by atoms with Crippen LogP contribution in [-0.4, -0.2) is 68.2 Å². The topological polar surface area (TPSA) is 122 Å². The predicted octanol–water partition coefficient (Wildman–Crippen LogP) is 20.5. The molecule has 0 heterocycles. The number of unbranched alkanes of at least 4 members (excludes halogenated alkanes) is 1. The van der Waals surface area contributed by atoms with E-state index in [1.165, 1.54) is 0 Å². The molecule has 0 aromatic heterocycles. The van der Waals surface area contributed by atoms with Crippen LogP contribution in [0.3, 0.4) is 0 Å². The number of benzene rings is 4. The van der Waals surface area contributed by atoms with E-state index in [1.807, 2.05) is 0 Å². The van der Waals surface area contributed by atoms with Crippen LogP contribution in [-0.2, 0) is 78.6 Å². The van der Waals surface area contributed by atoms with Crippen molar-refractivity contribution in [3.05, 3.63) is 115 Å². The summed E-state index contributed by atoms with van der Waals surface area (Å²) >= 11 is 0. The lowest BCUT2D eigenvalue weighted by molar-refractivity contribution is -0.136. The van der Waals surface area contributed by atoms with Gasteiger partial charge < -0.3 is 30.2 Å². The van der Waals surface area contributed by atoms with Crippen molar-refractivity contribution in [2.45, 2.75) is 316 Å². The van der Waals surface area contributed by atoms with Crippen LogP contribution in [0.4, 0.5) is 0 Å². The number of carbonyl (C=O) groups excluding carboxylic acids is 2. The van der Waals surface area contributed by atoms with E-state index < -0.39 is 0 Å². The summed E-state index contributed by atoms with van der Waals surface area (Å²) in [5.41, 5.74) is 8.31. The summed E-state index contributed by atoms with van der Waals surface area (Å²) in [5.74, 6) is 1.59. The van der Waals surface area contributed by atoms with Crippen LogP contribution < -0.4 is 0 Å². The first-order valence-electron chi connectivity index (χ1n) is 34.1. The second kappa shape index (κ2) is 26.8. The second-order valence-corrected chi connectivity index (χ2v) is 39.2. The van der Waals surface area contributed by atoms with Crippen molar-refractivity contribution in [3.63, 3.8) is 0 Å². The molecule has 4 aromatic rings. The molecule has 4 aromatic carbocycles. The van der Waals surface area contributed by atoms with Crippen molar-refractivity contribution in [1.29, 1.82) is 0 Å². The molecule has 0 aliphatic heterocycles. The minimum Gasteiger partial charge on any atom is -0.507 e. The van der Waals surface area contributed by atoms with Crippen molar-refractivity contribution in [1.82, 2.24) is 9.80 Å². The molecule has 0 saturated heterocycles. The highest BCUT2D eigenvalue weighted by Gasteiger charge is 2.37. The van der Waals surface area contributed by atoms with Crippen LogP contribution in [0.5, 0.6) is 23.0 Å². The molecule has 8 nitrogen and oxygen atoms in total. The average molecular weight is 1240 g/mol. The first-order chi connectivity index (χ1) is 40.0. The third-order valence-corrected chi connectivity index (χ3v) is 18.1. The maximum Gasteiger partial charge on any atom is 0.222 e. The van der Waals surface area contributed by atoms with Gasteiger partial charge in [0.2, 0.25) is 11.8 Å². The molecule has 0 unspecified atom stereocenters. The smallest absolute Gasteiger partial charge is 0.222 e. The van der Waals surface area contributed by atoms with Gasteiger partial charge in [0.1, 0.15) is 23.0 Å². The SMILES string of the molecule is CC(C)(Cc1cc(C(C)(C)C)c(O)c(C(C)(C)C)c1)CN(CC(C)(C)Cc1cc(C(C)(C)C)c(O)c(C(C)(C)C)c1)C(=O)CCCCC(=O)N(CC(C)(C)Cc1cc(C(C)(C)C)c(O)c(C(C)(C)C)c1)CC(C)(C)Cc1cc(C(C)(C)C)c(O)c(C(C)(C)C)c1. The Labute approximate surface area is 551 Å². The Morgan fingerprint density at radius 3 is 0.522 bits per heavy atom. The molecule has 0 radical (unpaired) electrons. The quantitative estimate of drug-likeness (QED) is 0.0617. The molecule has 4 N–H and O–H groups in total. The van der Waals surface area contributed by atoms with E-state index in [9.17, 15) is 20.4 Å². The molecule has 0 spiro atoms. The van der Waals surface area contributed by atoms with E-state index in [0.717, 1.165) is 66.8 Å². The number of hydrogen-bond acceptors (Lipinski definition) is 6. The number of nitrogens with zero attached hydrogens (tertiary/aromatic N) is 2. The Morgan fingerprint density at radius 2 is 0.400 bits per heavy atom. The van der Waals surface area contributed by atoms with Gasteiger partial charge in [0, 0.05) is 39.0 Å². The van der Waals surface area contributed by atoms with Gasteiger partial charge in [-0.1, -0.05) is 270 Å². The highest BCUT2D eigenvalue weighted by molar-refractivity contribution is 5.77. The maximum atomic E-state index is 15.3. The normalized spacial score (nSPS) is 13.9. The minimum atomic E-state index is -0.355. The number of rotatable bonds is 21. The number of phenols is 4. The molecule has 2 amide bonds. The number of aromatic hydroxyl groups is 4. The summed E-state index contributed by atoms with van der Waals surface area (Å²) in [5, 5.41) is 46.8. The standard InChI is InChI=1S/C82H132N2O6/c1-71(2,3)57-37-53(38-58(67(57)87)72(4,5)6)45-79(25,26)49-83(50-80(27,28)46-54-39-59(73(7,8)9)68(88)60(40-54)74(10,11)12)65(85)35-33-34-36-66(86)84(51-81(29,30)47-55-41-61(75(13,14)15)69(89)62(42-55)76(16,17)18)52-82(31,32)48-56-43-63(77(19,20)21)70(90)64(44-56)78(22,23)24/h37-44,87-90H,33-36,45-52H2,1-32H3. The van der Waals surface area contributed by atoms with Gasteiger partial charge in [0.15, 0.2) is 0 Å². The number of hydrogen-bond donors (Lipinski definition) is 4. The van der Waals surface area contributed by atoms with Crippen LogP contribution in [0.25, 0.3) is 0 Å². The van der Waals surface area contributed by atoms with Gasteiger partial charge in [-0.25, -0.2) is 0 Å². The first-order valence-corrected chi connectivity index (χ1v) is 34.1. The van der Waals surface area contributed by atoms with Crippen LogP contribution in [0.1, 0.15) is 314 Å². The molecular weight excluding hydrogens is 1110 g/mol. The zero-order valence-corrected chi connectivity index (χ0v) is 63.6. The van der Waals surface area contributed by atoms with E-state index >= 15 is 9.59 Å². The molecule has 0 fully saturated rings. The molecule has 0 atom stereocenters. The summed E-state index contributed by atoms with van der Waals surface area (Å²) in [4.78, 5) is 34.7. The Hall–Kier alpha value is -4.98. The van der Waals surface area contributed by atoms with E-state index in [4.69, 9.17) is 0 Å². The van der Waals surface area contributed by atoms with Crippen LogP contribution in [0.2, 0.25) is 0 Å². The van der Waals surface area contributed by atoms with Gasteiger partial charge in [0.05, 0.1) is 0 Å². The fourth-order valence-electron chi connectivity index (χ4n) is 13.6. The van der Waals surface area contributed by atoms with Crippen molar-refractivity contribution in [3.8, 4) is 23.0 Å². The van der Waals surface area contributed by atoms with E-state index in [1.54, 1.807) is 0 Å². The number of amides is 2. The summed E-state index contributed by atoms with van der Waals surface area (Å²) in [7, 11) is 0. The van der Waals surface area contributed by atoms with E-state index in [0.29, 0.717) is 101 Å². The van der Waals surface area contributed by atoms with Gasteiger partial charge in [-0.15, -0.1) is 0 Å². The van der Waals surface area contributed by atoms with Gasteiger partial charge >= 0.3 is 0 Å². The van der Waals surface area contributed by atoms with Crippen LogP contribution in [0.15, 0.2) is 48.5 Å². The maximum absolute atomic E-state index is 15.3. The second-order valence-electron chi connectivity index (χ2n) is 39.2. The number of carbonyl (C=O) groups is 2. The summed E-state index contributed by atoms with van der Waals surface area (Å²) in [6.07, 6.45) is 4.53. The molecule has 90 heavy (non-hydrogen) atoms. The van der Waals surface area contributed by atoms with Crippen molar-refractivity contribution < 1.29 is 30.0 Å². The van der Waals surface area contributed by atoms with E-state index in [-0.39, 0.29) is 76.8 Å². The molecule has 0 aliphatic rings. The lowest BCUT2D eigenvalue weighted by Crippen LogP contribution is -2.45. The minimum absolute atomic E-state index is 0.0759. The highest BCUT2D eigenvalue weighted by atomic mass is 16.3. The van der Waals surface area contributed by atoms with Crippen molar-refractivity contribution in [2.24, 2.45) is 21.7 Å². The first kappa shape index (κ1) is 77.5. The molecule has 0 bridgehead atoms. The van der Waals surface area contributed by atoms with Gasteiger partial charge in [-0.3, -0.25) is 9.59 Å². The molecule has 0 saturated carbocycles. The zero-order chi connectivity index (χ0) is 69.7. The predicted molar refractivity (Wildman–Crippen MR) is 384 cm³/mol. The van der Waals surface area contributed by atoms with Crippen molar-refractivity contribution >= 4 is 11.8 Å². The van der Waals surface area contributed by atoms with Crippen molar-refractivity contribution in [2.75, 3.05) is 26.2 Å².